The average molecular weight is 265 g/mol. The van der Waals surface area contributed by atoms with Crippen molar-refractivity contribution in [2.45, 2.75) is 45.7 Å². The van der Waals surface area contributed by atoms with Gasteiger partial charge in [0.05, 0.1) is 12.2 Å². The van der Waals surface area contributed by atoms with Crippen LogP contribution >= 0.6 is 0 Å². The Hall–Kier alpha value is -0.940. The zero-order chi connectivity index (χ0) is 13.5. The highest BCUT2D eigenvalue weighted by Crippen LogP contribution is 2.19. The second-order valence-corrected chi connectivity index (χ2v) is 5.55. The molecule has 0 radical (unpaired) electrons. The minimum Gasteiger partial charge on any atom is -0.314 e. The summed E-state index contributed by atoms with van der Waals surface area (Å²) in [6.45, 7) is 7.65. The van der Waals surface area contributed by atoms with Crippen LogP contribution in [0.5, 0.6) is 0 Å². The fraction of sp³-hybridized carbons (Fsp3) is 0.857. The maximum absolute atomic E-state index is 4.17. The van der Waals surface area contributed by atoms with Crippen LogP contribution in [0.1, 0.15) is 38.3 Å². The molecule has 108 valence electrons. The van der Waals surface area contributed by atoms with Crippen molar-refractivity contribution in [2.24, 2.45) is 5.92 Å². The molecule has 1 aromatic rings. The second-order valence-electron chi connectivity index (χ2n) is 5.55. The molecule has 0 amide bonds. The van der Waals surface area contributed by atoms with Crippen LogP contribution in [-0.4, -0.2) is 46.6 Å². The standard InChI is InChI=1S/C14H27N5/c1-3-13-5-4-7-18(8-6-13)9-10-19-12-14(11-15-2)16-17-19/h12-13,15H,3-11H2,1-2H3. The molecule has 1 aliphatic rings. The van der Waals surface area contributed by atoms with Gasteiger partial charge in [-0.2, -0.15) is 0 Å². The molecular formula is C14H27N5. The summed E-state index contributed by atoms with van der Waals surface area (Å²) in [6.07, 6.45) is 7.50. The van der Waals surface area contributed by atoms with E-state index in [4.69, 9.17) is 0 Å². The van der Waals surface area contributed by atoms with E-state index in [1.54, 1.807) is 0 Å². The van der Waals surface area contributed by atoms with Gasteiger partial charge in [-0.15, -0.1) is 5.10 Å². The van der Waals surface area contributed by atoms with Crippen molar-refractivity contribution in [3.8, 4) is 0 Å². The first-order valence-corrected chi connectivity index (χ1v) is 7.57. The van der Waals surface area contributed by atoms with E-state index >= 15 is 0 Å². The summed E-state index contributed by atoms with van der Waals surface area (Å²) in [5, 5.41) is 11.4. The lowest BCUT2D eigenvalue weighted by atomic mass is 9.98. The van der Waals surface area contributed by atoms with Gasteiger partial charge in [0.1, 0.15) is 0 Å². The molecule has 1 fully saturated rings. The van der Waals surface area contributed by atoms with Crippen LogP contribution in [-0.2, 0) is 13.1 Å². The van der Waals surface area contributed by atoms with Crippen LogP contribution in [0.3, 0.4) is 0 Å². The van der Waals surface area contributed by atoms with E-state index in [9.17, 15) is 0 Å². The van der Waals surface area contributed by atoms with Crippen molar-refractivity contribution < 1.29 is 0 Å². The third-order valence-electron chi connectivity index (χ3n) is 4.11. The van der Waals surface area contributed by atoms with E-state index in [0.717, 1.165) is 31.2 Å². The van der Waals surface area contributed by atoms with Gasteiger partial charge in [-0.05, 0) is 45.3 Å². The Morgan fingerprint density at radius 2 is 2.21 bits per heavy atom. The highest BCUT2D eigenvalue weighted by Gasteiger charge is 2.15. The van der Waals surface area contributed by atoms with Gasteiger partial charge in [-0.3, -0.25) is 4.68 Å². The minimum atomic E-state index is 0.794. The number of nitrogens with one attached hydrogen (secondary N) is 1. The topological polar surface area (TPSA) is 46.0 Å². The Kier molecular flexibility index (Phi) is 5.79. The third-order valence-corrected chi connectivity index (χ3v) is 4.11. The summed E-state index contributed by atoms with van der Waals surface area (Å²) < 4.78 is 1.97. The Morgan fingerprint density at radius 3 is 3.00 bits per heavy atom. The van der Waals surface area contributed by atoms with Gasteiger partial charge >= 0.3 is 0 Å². The van der Waals surface area contributed by atoms with E-state index in [0.29, 0.717) is 0 Å². The highest BCUT2D eigenvalue weighted by atomic mass is 15.4. The second kappa shape index (κ2) is 7.60. The molecule has 0 aromatic carbocycles. The Labute approximate surface area is 116 Å². The predicted octanol–water partition coefficient (Wildman–Crippen LogP) is 1.51. The van der Waals surface area contributed by atoms with E-state index in [-0.39, 0.29) is 0 Å². The average Bonchev–Trinajstić information content (AvgIpc) is 2.74. The number of likely N-dealkylation sites (tertiary alicyclic amines) is 1. The van der Waals surface area contributed by atoms with E-state index in [2.05, 4.69) is 27.5 Å². The smallest absolute Gasteiger partial charge is 0.0964 e. The SMILES string of the molecule is CCC1CCCN(CCn2cc(CNC)nn2)CC1. The first kappa shape index (κ1) is 14.5. The number of nitrogens with zero attached hydrogens (tertiary/aromatic N) is 4. The first-order valence-electron chi connectivity index (χ1n) is 7.57. The van der Waals surface area contributed by atoms with Gasteiger partial charge in [-0.1, -0.05) is 18.6 Å². The quantitative estimate of drug-likeness (QED) is 0.847. The lowest BCUT2D eigenvalue weighted by Gasteiger charge is -2.19. The summed E-state index contributed by atoms with van der Waals surface area (Å²) in [4.78, 5) is 2.58. The summed E-state index contributed by atoms with van der Waals surface area (Å²) in [5.74, 6) is 0.943. The molecule has 5 nitrogen and oxygen atoms in total. The molecule has 2 heterocycles. The maximum Gasteiger partial charge on any atom is 0.0964 e. The Bertz CT molecular complexity index is 362. The van der Waals surface area contributed by atoms with Gasteiger partial charge in [0.25, 0.3) is 0 Å². The molecule has 0 saturated carbocycles. The molecule has 1 atom stereocenters. The monoisotopic (exact) mass is 265 g/mol. The zero-order valence-electron chi connectivity index (χ0n) is 12.3. The zero-order valence-corrected chi connectivity index (χ0v) is 12.3. The van der Waals surface area contributed by atoms with Crippen LogP contribution < -0.4 is 5.32 Å². The van der Waals surface area contributed by atoms with E-state index in [1.165, 1.54) is 38.8 Å². The lowest BCUT2D eigenvalue weighted by molar-refractivity contribution is 0.263. The molecule has 1 aromatic heterocycles. The summed E-state index contributed by atoms with van der Waals surface area (Å²) >= 11 is 0. The lowest BCUT2D eigenvalue weighted by Crippen LogP contribution is -2.28. The molecule has 1 unspecified atom stereocenters. The van der Waals surface area contributed by atoms with Crippen LogP contribution in [0.4, 0.5) is 0 Å². The van der Waals surface area contributed by atoms with Gasteiger partial charge < -0.3 is 10.2 Å². The molecule has 1 aliphatic heterocycles. The fourth-order valence-corrected chi connectivity index (χ4v) is 2.81. The fourth-order valence-electron chi connectivity index (χ4n) is 2.81. The van der Waals surface area contributed by atoms with E-state index < -0.39 is 0 Å². The minimum absolute atomic E-state index is 0.794. The number of rotatable bonds is 6. The molecule has 2 rings (SSSR count). The number of hydrogen-bond acceptors (Lipinski definition) is 4. The van der Waals surface area contributed by atoms with Gasteiger partial charge in [0.2, 0.25) is 0 Å². The largest absolute Gasteiger partial charge is 0.314 e. The van der Waals surface area contributed by atoms with Gasteiger partial charge in [0.15, 0.2) is 0 Å². The summed E-state index contributed by atoms with van der Waals surface area (Å²) in [5.41, 5.74) is 1.02. The van der Waals surface area contributed by atoms with Crippen molar-refractivity contribution >= 4 is 0 Å². The number of aromatic nitrogens is 3. The van der Waals surface area contributed by atoms with Crippen LogP contribution in [0.2, 0.25) is 0 Å². The van der Waals surface area contributed by atoms with Gasteiger partial charge in [-0.25, -0.2) is 0 Å². The van der Waals surface area contributed by atoms with Crippen molar-refractivity contribution in [3.05, 3.63) is 11.9 Å². The summed E-state index contributed by atoms with van der Waals surface area (Å²) in [6, 6.07) is 0. The van der Waals surface area contributed by atoms with Crippen LogP contribution in [0.25, 0.3) is 0 Å². The normalized spacial score (nSPS) is 21.5. The van der Waals surface area contributed by atoms with Crippen molar-refractivity contribution in [2.75, 3.05) is 26.7 Å². The van der Waals surface area contributed by atoms with Gasteiger partial charge in [0, 0.05) is 19.3 Å². The van der Waals surface area contributed by atoms with Crippen molar-refractivity contribution in [1.29, 1.82) is 0 Å². The number of hydrogen-bond donors (Lipinski definition) is 1. The Morgan fingerprint density at radius 1 is 1.32 bits per heavy atom. The predicted molar refractivity (Wildman–Crippen MR) is 76.9 cm³/mol. The molecule has 0 spiro atoms. The first-order chi connectivity index (χ1) is 9.31. The van der Waals surface area contributed by atoms with Crippen molar-refractivity contribution in [1.82, 2.24) is 25.2 Å². The molecule has 19 heavy (non-hydrogen) atoms. The summed E-state index contributed by atoms with van der Waals surface area (Å²) in [7, 11) is 1.93. The molecule has 1 saturated heterocycles. The Balaban J connectivity index is 1.74. The van der Waals surface area contributed by atoms with Crippen LogP contribution in [0.15, 0.2) is 6.20 Å². The highest BCUT2D eigenvalue weighted by molar-refractivity contribution is 4.91. The molecular weight excluding hydrogens is 238 g/mol. The molecule has 0 aliphatic carbocycles. The molecule has 0 bridgehead atoms. The maximum atomic E-state index is 4.17. The third kappa shape index (κ3) is 4.58. The van der Waals surface area contributed by atoms with E-state index in [1.807, 2.05) is 17.9 Å². The van der Waals surface area contributed by atoms with Crippen LogP contribution in [0, 0.1) is 5.92 Å². The molecule has 1 N–H and O–H groups in total. The molecule has 5 heteroatoms. The van der Waals surface area contributed by atoms with Crippen molar-refractivity contribution in [3.63, 3.8) is 0 Å².